The van der Waals surface area contributed by atoms with E-state index in [0.29, 0.717) is 55.7 Å². The average Bonchev–Trinajstić information content (AvgIpc) is 3.89. The quantitative estimate of drug-likeness (QED) is 0.377. The zero-order chi connectivity index (χ0) is 43.9. The molecule has 10 atom stereocenters. The van der Waals surface area contributed by atoms with Crippen LogP contribution in [0.3, 0.4) is 0 Å². The van der Waals surface area contributed by atoms with E-state index in [1.807, 2.05) is 60.6 Å². The average molecular weight is 840 g/mol. The van der Waals surface area contributed by atoms with Crippen LogP contribution in [-0.2, 0) is 35.1 Å². The molecule has 13 nitrogen and oxygen atoms in total. The van der Waals surface area contributed by atoms with Crippen molar-refractivity contribution in [3.63, 3.8) is 0 Å². The van der Waals surface area contributed by atoms with Crippen LogP contribution in [0.2, 0.25) is 0 Å². The summed E-state index contributed by atoms with van der Waals surface area (Å²) < 4.78 is 11.6. The number of benzene rings is 1. The van der Waals surface area contributed by atoms with Gasteiger partial charge < -0.3 is 34.6 Å². The van der Waals surface area contributed by atoms with Crippen LogP contribution in [0, 0.1) is 23.2 Å². The van der Waals surface area contributed by atoms with Crippen LogP contribution in [0.4, 0.5) is 0 Å². The monoisotopic (exact) mass is 839 g/mol. The first kappa shape index (κ1) is 47.8. The molecule has 1 saturated heterocycles. The Hall–Kier alpha value is -3.91. The van der Waals surface area contributed by atoms with Crippen LogP contribution in [0.15, 0.2) is 40.9 Å². The summed E-state index contributed by atoms with van der Waals surface area (Å²) in [5.41, 5.74) is 0.758. The number of nitrogens with one attached hydrogen (secondary N) is 1. The van der Waals surface area contributed by atoms with E-state index >= 15 is 0 Å². The Morgan fingerprint density at radius 3 is 2.27 bits per heavy atom. The summed E-state index contributed by atoms with van der Waals surface area (Å²) in [5.74, 6) is -1.41. The Kier molecular flexibility index (Phi) is 16.7. The van der Waals surface area contributed by atoms with Crippen molar-refractivity contribution < 1.29 is 38.6 Å². The molecule has 0 unspecified atom stereocenters. The summed E-state index contributed by atoms with van der Waals surface area (Å²) in [6, 6.07) is 3.19. The zero-order valence-electron chi connectivity index (χ0n) is 37.3. The van der Waals surface area contributed by atoms with Crippen LogP contribution >= 0.6 is 11.8 Å². The van der Waals surface area contributed by atoms with Gasteiger partial charge in [0.1, 0.15) is 36.0 Å². The highest BCUT2D eigenvalue weighted by Gasteiger charge is 2.44. The standard InChI is InChI=1S/C45H69N5O8S/c1-13-27(3)38-43(55)50-20-14-15-35(50)44(56)58-37(45(7,8)9)22-26(2)21-36(51)29(5)40-46-32(25-59-40)23-28(4)39(52)47-34(24-31-16-18-33(57-12)19-17-31)42(54)48(10)30(6)41(53)49(38)11/h16-19,23,26-27,29-30,32,34-38,51H,13-15,20-22,24-25H2,1-12H3,(H,47,52)/b28-23-/t26-,27-,29-,30-,32-,34-,35-,36-,37-,38-/m0/s1. The molecule has 0 radical (unpaired) electrons. The molecular weight excluding hydrogens is 771 g/mol. The number of likely N-dealkylation sites (N-methyl/N-ethyl adjacent to an activating group) is 2. The number of aliphatic hydroxyl groups excluding tert-OH is 1. The van der Waals surface area contributed by atoms with Crippen molar-refractivity contribution in [1.82, 2.24) is 20.0 Å². The van der Waals surface area contributed by atoms with Gasteiger partial charge in [0, 0.05) is 44.3 Å². The van der Waals surface area contributed by atoms with Crippen molar-refractivity contribution >= 4 is 46.4 Å². The Labute approximate surface area is 356 Å². The predicted molar refractivity (Wildman–Crippen MR) is 232 cm³/mol. The van der Waals surface area contributed by atoms with Gasteiger partial charge in [-0.05, 0) is 74.5 Å². The first-order chi connectivity index (χ1) is 27.7. The van der Waals surface area contributed by atoms with Crippen molar-refractivity contribution in [3.05, 3.63) is 41.5 Å². The normalized spacial score (nSPS) is 31.6. The molecule has 0 aliphatic carbocycles. The third-order valence-electron chi connectivity index (χ3n) is 12.4. The lowest BCUT2D eigenvalue weighted by atomic mass is 9.81. The highest BCUT2D eigenvalue weighted by molar-refractivity contribution is 8.14. The number of carbonyl (C=O) groups excluding carboxylic acids is 5. The largest absolute Gasteiger partial charge is 0.497 e. The number of methoxy groups -OCH3 is 1. The number of rotatable bonds is 5. The predicted octanol–water partition coefficient (Wildman–Crippen LogP) is 5.28. The number of amides is 4. The van der Waals surface area contributed by atoms with Gasteiger partial charge in [0.25, 0.3) is 0 Å². The van der Waals surface area contributed by atoms with Crippen molar-refractivity contribution in [2.45, 2.75) is 143 Å². The van der Waals surface area contributed by atoms with Gasteiger partial charge in [0.05, 0.1) is 24.3 Å². The molecule has 3 aliphatic rings. The van der Waals surface area contributed by atoms with E-state index in [9.17, 15) is 29.1 Å². The van der Waals surface area contributed by atoms with E-state index in [1.54, 1.807) is 62.9 Å². The number of hydrogen-bond acceptors (Lipinski definition) is 10. The Bertz CT molecular complexity index is 1730. The number of ether oxygens (including phenoxy) is 2. The fourth-order valence-electron chi connectivity index (χ4n) is 8.11. The summed E-state index contributed by atoms with van der Waals surface area (Å²) >= 11 is 1.56. The molecule has 328 valence electrons. The highest BCUT2D eigenvalue weighted by Crippen LogP contribution is 2.34. The molecule has 3 aliphatic heterocycles. The number of thioether (sulfide) groups is 1. The van der Waals surface area contributed by atoms with E-state index in [0.717, 1.165) is 10.6 Å². The lowest BCUT2D eigenvalue weighted by Gasteiger charge is -2.39. The van der Waals surface area contributed by atoms with Gasteiger partial charge in [-0.1, -0.05) is 73.1 Å². The molecule has 1 fully saturated rings. The molecule has 3 heterocycles. The molecule has 2 N–H and O–H groups in total. The van der Waals surface area contributed by atoms with E-state index in [4.69, 9.17) is 14.5 Å². The van der Waals surface area contributed by atoms with Gasteiger partial charge >= 0.3 is 5.97 Å². The lowest BCUT2D eigenvalue weighted by Crippen LogP contribution is -2.59. The number of hydrogen-bond donors (Lipinski definition) is 2. The summed E-state index contributed by atoms with van der Waals surface area (Å²) in [5, 5.41) is 15.2. The maximum atomic E-state index is 14.6. The van der Waals surface area contributed by atoms with Gasteiger partial charge in [-0.2, -0.15) is 0 Å². The molecule has 2 bridgehead atoms. The molecule has 0 saturated carbocycles. The second-order valence-corrected chi connectivity index (χ2v) is 19.1. The molecule has 1 aromatic rings. The van der Waals surface area contributed by atoms with Crippen LogP contribution in [0.1, 0.15) is 100.0 Å². The summed E-state index contributed by atoms with van der Waals surface area (Å²) in [4.78, 5) is 80.4. The van der Waals surface area contributed by atoms with Crippen LogP contribution in [-0.4, -0.2) is 130 Å². The van der Waals surface area contributed by atoms with Gasteiger partial charge in [-0.25, -0.2) is 4.79 Å². The number of esters is 1. The molecule has 0 aromatic heterocycles. The molecular formula is C45H69N5O8S. The van der Waals surface area contributed by atoms with E-state index in [1.165, 1.54) is 16.8 Å². The van der Waals surface area contributed by atoms with Gasteiger partial charge in [0.15, 0.2) is 0 Å². The van der Waals surface area contributed by atoms with Gasteiger partial charge in [-0.3, -0.25) is 24.2 Å². The van der Waals surface area contributed by atoms with E-state index in [2.05, 4.69) is 5.32 Å². The lowest BCUT2D eigenvalue weighted by molar-refractivity contribution is -0.166. The maximum Gasteiger partial charge on any atom is 0.329 e. The van der Waals surface area contributed by atoms with Crippen LogP contribution in [0.25, 0.3) is 0 Å². The summed E-state index contributed by atoms with van der Waals surface area (Å²) in [6.07, 6.45) is 3.41. The van der Waals surface area contributed by atoms with Crippen LogP contribution < -0.4 is 10.1 Å². The highest BCUT2D eigenvalue weighted by atomic mass is 32.2. The molecule has 59 heavy (non-hydrogen) atoms. The number of aliphatic imine (C=N–C) groups is 1. The Morgan fingerprint density at radius 1 is 1.00 bits per heavy atom. The number of aliphatic hydroxyl groups is 1. The molecule has 4 rings (SSSR count). The van der Waals surface area contributed by atoms with Gasteiger partial charge in [-0.15, -0.1) is 11.8 Å². The van der Waals surface area contributed by atoms with Crippen molar-refractivity contribution in [1.29, 1.82) is 0 Å². The Balaban J connectivity index is 1.74. The minimum absolute atomic E-state index is 0.00274. The molecule has 14 heteroatoms. The second kappa shape index (κ2) is 20.6. The fourth-order valence-corrected chi connectivity index (χ4v) is 9.25. The third-order valence-corrected chi connectivity index (χ3v) is 13.7. The zero-order valence-corrected chi connectivity index (χ0v) is 38.1. The van der Waals surface area contributed by atoms with Crippen LogP contribution in [0.5, 0.6) is 5.75 Å². The minimum atomic E-state index is -1.03. The van der Waals surface area contributed by atoms with Crippen molar-refractivity contribution in [2.24, 2.45) is 28.2 Å². The molecule has 1 aromatic carbocycles. The smallest absolute Gasteiger partial charge is 0.329 e. The number of nitrogens with zero attached hydrogens (tertiary/aromatic N) is 4. The third kappa shape index (κ3) is 11.9. The maximum absolute atomic E-state index is 14.6. The van der Waals surface area contributed by atoms with E-state index in [-0.39, 0.29) is 36.1 Å². The molecule has 4 amide bonds. The first-order valence-electron chi connectivity index (χ1n) is 21.2. The second-order valence-electron chi connectivity index (χ2n) is 18.1. The minimum Gasteiger partial charge on any atom is -0.497 e. The SMILES string of the molecule is CC[C@H](C)[C@H]1C(=O)N2CCC[C@H]2C(=O)O[C@H](C(C)(C)C)C[C@@H](C)C[C@H](O)[C@H](C)C2=N[C@@H](/C=C(/C)C(=O)N[C@@H](Cc3ccc(OC)cc3)C(=O)N(C)[C@@H](C)C(=O)N1C)CS2. The fraction of sp³-hybridized carbons (Fsp3) is 0.689. The number of cyclic esters (lactones) is 1. The van der Waals surface area contributed by atoms with Crippen molar-refractivity contribution in [3.8, 4) is 5.75 Å². The number of carbonyl (C=O) groups is 5. The Morgan fingerprint density at radius 2 is 1.66 bits per heavy atom. The van der Waals surface area contributed by atoms with Gasteiger partial charge in [0.2, 0.25) is 23.6 Å². The topological polar surface area (TPSA) is 158 Å². The summed E-state index contributed by atoms with van der Waals surface area (Å²) in [7, 11) is 4.67. The summed E-state index contributed by atoms with van der Waals surface area (Å²) in [6.45, 7) is 17.6. The van der Waals surface area contributed by atoms with E-state index < -0.39 is 65.5 Å². The number of fused-ring (bicyclic) bond motifs is 2. The van der Waals surface area contributed by atoms with Crippen molar-refractivity contribution in [2.75, 3.05) is 33.5 Å². The first-order valence-corrected chi connectivity index (χ1v) is 22.2. The molecule has 0 spiro atoms.